The van der Waals surface area contributed by atoms with Crippen LogP contribution in [0, 0.1) is 35.0 Å². The molecule has 7 rings (SSSR count). The van der Waals surface area contributed by atoms with E-state index in [0.29, 0.717) is 11.1 Å². The first-order chi connectivity index (χ1) is 27.1. The van der Waals surface area contributed by atoms with Crippen LogP contribution in [0.25, 0.3) is 11.1 Å². The minimum atomic E-state index is -2.33. The highest BCUT2D eigenvalue weighted by Crippen LogP contribution is 2.42. The molecule has 2 N–H and O–H groups in total. The molecule has 0 aromatic heterocycles. The number of amides is 1. The van der Waals surface area contributed by atoms with Gasteiger partial charge in [0.1, 0.15) is 5.56 Å². The quantitative estimate of drug-likeness (QED) is 0.0805. The van der Waals surface area contributed by atoms with Crippen LogP contribution in [0.4, 0.5) is 22.0 Å². The van der Waals surface area contributed by atoms with Gasteiger partial charge >= 0.3 is 0 Å². The summed E-state index contributed by atoms with van der Waals surface area (Å²) in [5.74, 6) is -12.5. The Morgan fingerprint density at radius 2 is 1.29 bits per heavy atom. The lowest BCUT2D eigenvalue weighted by Crippen LogP contribution is -2.51. The molecule has 2 saturated heterocycles. The van der Waals surface area contributed by atoms with Gasteiger partial charge in [-0.15, -0.1) is 0 Å². The zero-order valence-corrected chi connectivity index (χ0v) is 30.7. The van der Waals surface area contributed by atoms with Crippen LogP contribution in [0.15, 0.2) is 103 Å². The summed E-state index contributed by atoms with van der Waals surface area (Å²) < 4.78 is 83.0. The summed E-state index contributed by atoms with van der Waals surface area (Å²) >= 11 is 0. The van der Waals surface area contributed by atoms with Crippen molar-refractivity contribution in [2.24, 2.45) is 5.92 Å². The van der Waals surface area contributed by atoms with Crippen molar-refractivity contribution in [3.8, 4) is 11.1 Å². The predicted octanol–water partition coefficient (Wildman–Crippen LogP) is 8.08. The Bertz CT molecular complexity index is 2100. The molecule has 292 valence electrons. The second-order valence-corrected chi connectivity index (χ2v) is 14.3. The van der Waals surface area contributed by atoms with Crippen LogP contribution in [0.3, 0.4) is 0 Å². The lowest BCUT2D eigenvalue weighted by molar-refractivity contribution is -0.276. The highest BCUT2D eigenvalue weighted by Gasteiger charge is 2.39. The lowest BCUT2D eigenvalue weighted by Gasteiger charge is -2.44. The Morgan fingerprint density at radius 1 is 0.696 bits per heavy atom. The number of aliphatic hydroxyl groups is 1. The van der Waals surface area contributed by atoms with Gasteiger partial charge in [-0.05, 0) is 33.4 Å². The van der Waals surface area contributed by atoms with E-state index in [2.05, 4.69) is 46.3 Å². The molecular weight excluding hydrogens is 729 g/mol. The van der Waals surface area contributed by atoms with Crippen LogP contribution in [0.2, 0.25) is 0 Å². The van der Waals surface area contributed by atoms with Crippen molar-refractivity contribution in [1.29, 1.82) is 0 Å². The third kappa shape index (κ3) is 8.54. The van der Waals surface area contributed by atoms with Crippen molar-refractivity contribution in [2.75, 3.05) is 32.7 Å². The maximum atomic E-state index is 14.3. The van der Waals surface area contributed by atoms with Crippen LogP contribution in [-0.2, 0) is 29.2 Å². The molecule has 2 fully saturated rings. The first-order valence-corrected chi connectivity index (χ1v) is 18.6. The van der Waals surface area contributed by atoms with E-state index in [1.54, 1.807) is 24.3 Å². The predicted molar refractivity (Wildman–Crippen MR) is 200 cm³/mol. The van der Waals surface area contributed by atoms with Gasteiger partial charge < -0.3 is 19.9 Å². The molecule has 5 aromatic carbocycles. The summed E-state index contributed by atoms with van der Waals surface area (Å²) in [5.41, 5.74) is 4.31. The standard InChI is InChI=1S/C44H42F5N3O4/c1-27-35(25-52-21-19-51(20-22-52)24-28-7-3-2-4-8-28)55-44(56-42(27)31-13-11-29(26-53)12-14-31)32-17-15-30(16-18-32)34-10-6-5-9-33(34)23-50-43(54)36-37(45)39(47)41(49)40(48)38(36)46/h2-18,27,35,42,44,53H,19-26H2,1H3,(H,50,54)/t27-,35+,42+,44+/m1/s1. The third-order valence-corrected chi connectivity index (χ3v) is 10.7. The van der Waals surface area contributed by atoms with Crippen LogP contribution < -0.4 is 5.32 Å². The van der Waals surface area contributed by atoms with Crippen molar-refractivity contribution in [3.63, 3.8) is 0 Å². The average Bonchev–Trinajstić information content (AvgIpc) is 3.23. The molecule has 2 aliphatic rings. The topological polar surface area (TPSA) is 74.3 Å². The molecular formula is C44H42F5N3O4. The molecule has 12 heteroatoms. The third-order valence-electron chi connectivity index (χ3n) is 10.7. The van der Waals surface area contributed by atoms with Crippen LogP contribution in [-0.4, -0.2) is 59.6 Å². The van der Waals surface area contributed by atoms with E-state index >= 15 is 0 Å². The van der Waals surface area contributed by atoms with Gasteiger partial charge in [-0.1, -0.05) is 110 Å². The minimum Gasteiger partial charge on any atom is -0.392 e. The first kappa shape index (κ1) is 39.3. The second kappa shape index (κ2) is 17.4. The van der Waals surface area contributed by atoms with E-state index in [1.165, 1.54) is 5.56 Å². The number of hydrogen-bond acceptors (Lipinski definition) is 6. The number of rotatable bonds is 11. The Kier molecular flexibility index (Phi) is 12.2. The van der Waals surface area contributed by atoms with E-state index in [1.807, 2.05) is 54.6 Å². The fraction of sp³-hybridized carbons (Fsp3) is 0.295. The number of halogens is 5. The number of carbonyl (C=O) groups excluding carboxylic acids is 1. The number of ether oxygens (including phenoxy) is 2. The van der Waals surface area contributed by atoms with Crippen molar-refractivity contribution in [2.45, 2.75) is 45.1 Å². The Hall–Kier alpha value is -4.98. The SMILES string of the molecule is C[C@@H]1[C@H](CN2CCN(Cc3ccccc3)CC2)O[C@H](c2ccc(-c3ccccc3CNC(=O)c3c(F)c(F)c(F)c(F)c3F)cc2)O[C@@H]1c1ccc(CO)cc1. The van der Waals surface area contributed by atoms with Crippen molar-refractivity contribution >= 4 is 5.91 Å². The minimum absolute atomic E-state index is 0.0137. The van der Waals surface area contributed by atoms with Gasteiger partial charge in [0, 0.05) is 57.3 Å². The van der Waals surface area contributed by atoms with Crippen molar-refractivity contribution in [3.05, 3.63) is 166 Å². The summed E-state index contributed by atoms with van der Waals surface area (Å²) in [6, 6.07) is 32.7. The average molecular weight is 772 g/mol. The van der Waals surface area contributed by atoms with Crippen LogP contribution >= 0.6 is 0 Å². The zero-order chi connectivity index (χ0) is 39.3. The molecule has 0 unspecified atom stereocenters. The van der Waals surface area contributed by atoms with E-state index in [0.717, 1.165) is 61.5 Å². The largest absolute Gasteiger partial charge is 0.392 e. The van der Waals surface area contributed by atoms with Gasteiger partial charge in [-0.25, -0.2) is 22.0 Å². The molecule has 5 aromatic rings. The van der Waals surface area contributed by atoms with Crippen molar-refractivity contribution in [1.82, 2.24) is 15.1 Å². The summed E-state index contributed by atoms with van der Waals surface area (Å²) in [4.78, 5) is 17.6. The van der Waals surface area contributed by atoms with Gasteiger partial charge in [0.2, 0.25) is 5.82 Å². The molecule has 2 aliphatic heterocycles. The maximum Gasteiger partial charge on any atom is 0.257 e. The molecule has 0 radical (unpaired) electrons. The normalized spacial score (nSPS) is 20.6. The van der Waals surface area contributed by atoms with Gasteiger partial charge in [0.15, 0.2) is 29.6 Å². The second-order valence-electron chi connectivity index (χ2n) is 14.3. The molecule has 2 heterocycles. The van der Waals surface area contributed by atoms with E-state index in [-0.39, 0.29) is 31.3 Å². The lowest BCUT2D eigenvalue weighted by atomic mass is 9.89. The Balaban J connectivity index is 1.07. The Morgan fingerprint density at radius 3 is 1.95 bits per heavy atom. The molecule has 0 aliphatic carbocycles. The van der Waals surface area contributed by atoms with Gasteiger partial charge in [0.05, 0.1) is 18.8 Å². The van der Waals surface area contributed by atoms with E-state index < -0.39 is 46.8 Å². The maximum absolute atomic E-state index is 14.3. The molecule has 0 bridgehead atoms. The summed E-state index contributed by atoms with van der Waals surface area (Å²) in [6.45, 7) is 7.21. The van der Waals surface area contributed by atoms with Crippen molar-refractivity contribution < 1.29 is 41.3 Å². The highest BCUT2D eigenvalue weighted by molar-refractivity contribution is 5.95. The summed E-state index contributed by atoms with van der Waals surface area (Å²) in [6.07, 6.45) is -1.13. The van der Waals surface area contributed by atoms with E-state index in [9.17, 15) is 31.9 Å². The molecule has 1 amide bonds. The Labute approximate surface area is 322 Å². The summed E-state index contributed by atoms with van der Waals surface area (Å²) in [5, 5.41) is 11.9. The molecule has 56 heavy (non-hydrogen) atoms. The highest BCUT2D eigenvalue weighted by atomic mass is 19.2. The monoisotopic (exact) mass is 771 g/mol. The van der Waals surface area contributed by atoms with E-state index in [4.69, 9.17) is 9.47 Å². The number of piperazine rings is 1. The van der Waals surface area contributed by atoms with Gasteiger partial charge in [0.25, 0.3) is 5.91 Å². The molecule has 0 spiro atoms. The number of aliphatic hydroxyl groups excluding tert-OH is 1. The van der Waals surface area contributed by atoms with Crippen LogP contribution in [0.1, 0.15) is 57.5 Å². The fourth-order valence-corrected chi connectivity index (χ4v) is 7.40. The van der Waals surface area contributed by atoms with Gasteiger partial charge in [-0.2, -0.15) is 0 Å². The molecule has 4 atom stereocenters. The number of hydrogen-bond donors (Lipinski definition) is 2. The number of nitrogens with one attached hydrogen (secondary N) is 1. The first-order valence-electron chi connectivity index (χ1n) is 18.6. The smallest absolute Gasteiger partial charge is 0.257 e. The summed E-state index contributed by atoms with van der Waals surface area (Å²) in [7, 11) is 0. The number of carbonyl (C=O) groups is 1. The van der Waals surface area contributed by atoms with Crippen LogP contribution in [0.5, 0.6) is 0 Å². The van der Waals surface area contributed by atoms with Gasteiger partial charge in [-0.3, -0.25) is 14.6 Å². The molecule has 7 nitrogen and oxygen atoms in total. The zero-order valence-electron chi connectivity index (χ0n) is 30.7. The fourth-order valence-electron chi connectivity index (χ4n) is 7.40. The number of benzene rings is 5. The molecule has 0 saturated carbocycles. The number of nitrogens with zero attached hydrogens (tertiary/aromatic N) is 2.